The fourth-order valence-corrected chi connectivity index (χ4v) is 3.17. The van der Waals surface area contributed by atoms with Crippen molar-refractivity contribution in [2.45, 2.75) is 6.54 Å². The van der Waals surface area contributed by atoms with Gasteiger partial charge in [0.15, 0.2) is 11.5 Å². The molecule has 3 rings (SSSR count). The third-order valence-electron chi connectivity index (χ3n) is 3.88. The van der Waals surface area contributed by atoms with Gasteiger partial charge in [-0.15, -0.1) is 0 Å². The van der Waals surface area contributed by atoms with E-state index in [9.17, 15) is 5.11 Å². The van der Waals surface area contributed by atoms with Crippen LogP contribution in [0.5, 0.6) is 17.2 Å². The number of nitrogens with zero attached hydrogens (tertiary/aromatic N) is 2. The summed E-state index contributed by atoms with van der Waals surface area (Å²) in [6, 6.07) is 11.5. The topological polar surface area (TPSA) is 68.5 Å². The molecule has 0 spiro atoms. The lowest BCUT2D eigenvalue weighted by atomic mass is 10.2. The van der Waals surface area contributed by atoms with Gasteiger partial charge in [-0.1, -0.05) is 24.1 Å². The summed E-state index contributed by atoms with van der Waals surface area (Å²) >= 11 is 1.49. The van der Waals surface area contributed by atoms with Gasteiger partial charge in [-0.05, 0) is 41.3 Å². The average Bonchev–Trinajstić information content (AvgIpc) is 3.07. The molecule has 0 aliphatic heterocycles. The van der Waals surface area contributed by atoms with Crippen LogP contribution in [0.4, 0.5) is 0 Å². The zero-order chi connectivity index (χ0) is 18.4. The fraction of sp³-hybridized carbons (Fsp3) is 0.211. The van der Waals surface area contributed by atoms with Gasteiger partial charge in [0.2, 0.25) is 5.75 Å². The van der Waals surface area contributed by atoms with Crippen molar-refractivity contribution in [1.82, 2.24) is 14.3 Å². The van der Waals surface area contributed by atoms with Crippen LogP contribution < -0.4 is 14.2 Å². The summed E-state index contributed by atoms with van der Waals surface area (Å²) in [4.78, 5) is 4.38. The Morgan fingerprint density at radius 2 is 2.08 bits per heavy atom. The number of benzene rings is 2. The number of phenolic OH excluding ortho intramolecular Hbond substituents is 1. The Bertz CT molecular complexity index is 908. The fourth-order valence-electron chi connectivity index (χ4n) is 2.64. The number of hydrogen-bond donors (Lipinski definition) is 2. The van der Waals surface area contributed by atoms with Gasteiger partial charge < -0.3 is 19.1 Å². The summed E-state index contributed by atoms with van der Waals surface area (Å²) in [7, 11) is 3.04. The monoisotopic (exact) mass is 371 g/mol. The van der Waals surface area contributed by atoms with Crippen LogP contribution in [0.25, 0.3) is 17.1 Å². The Hall–Kier alpha value is -2.64. The van der Waals surface area contributed by atoms with Crippen molar-refractivity contribution in [3.8, 4) is 17.2 Å². The molecule has 0 aliphatic rings. The molecule has 0 unspecified atom stereocenters. The van der Waals surface area contributed by atoms with Crippen LogP contribution in [-0.2, 0) is 6.54 Å². The van der Waals surface area contributed by atoms with Crippen molar-refractivity contribution >= 4 is 29.1 Å². The van der Waals surface area contributed by atoms with E-state index >= 15 is 0 Å². The van der Waals surface area contributed by atoms with E-state index in [-0.39, 0.29) is 5.75 Å². The Balaban J connectivity index is 1.51. The summed E-state index contributed by atoms with van der Waals surface area (Å²) in [5.41, 5.74) is 2.97. The molecule has 0 fully saturated rings. The maximum absolute atomic E-state index is 9.97. The summed E-state index contributed by atoms with van der Waals surface area (Å²) < 4.78 is 15.8. The number of nitrogens with one attached hydrogen (secondary N) is 1. The summed E-state index contributed by atoms with van der Waals surface area (Å²) in [5, 5.41) is 11.9. The van der Waals surface area contributed by atoms with E-state index in [2.05, 4.69) is 20.3 Å². The molecule has 0 bridgehead atoms. The van der Waals surface area contributed by atoms with Crippen molar-refractivity contribution in [3.63, 3.8) is 0 Å². The number of imidazole rings is 1. The van der Waals surface area contributed by atoms with Gasteiger partial charge >= 0.3 is 0 Å². The molecule has 136 valence electrons. The van der Waals surface area contributed by atoms with E-state index in [0.717, 1.165) is 29.7 Å². The number of para-hydroxylation sites is 2. The third-order valence-corrected chi connectivity index (χ3v) is 4.52. The van der Waals surface area contributed by atoms with E-state index < -0.39 is 0 Å². The SMILES string of the molecule is COc1cc(C=CSNCCn2cnc3ccccc32)cc(O)c1OC. The van der Waals surface area contributed by atoms with Crippen molar-refractivity contribution < 1.29 is 14.6 Å². The number of methoxy groups -OCH3 is 2. The van der Waals surface area contributed by atoms with E-state index in [0.29, 0.717) is 11.5 Å². The lowest BCUT2D eigenvalue weighted by molar-refractivity contribution is 0.333. The molecule has 0 radical (unpaired) electrons. The van der Waals surface area contributed by atoms with Crippen LogP contribution >= 0.6 is 11.9 Å². The minimum absolute atomic E-state index is 0.0523. The highest BCUT2D eigenvalue weighted by atomic mass is 32.2. The third kappa shape index (κ3) is 4.12. The van der Waals surface area contributed by atoms with E-state index in [1.807, 2.05) is 42.1 Å². The number of fused-ring (bicyclic) bond motifs is 1. The predicted molar refractivity (Wildman–Crippen MR) is 106 cm³/mol. The number of ether oxygens (including phenoxy) is 2. The van der Waals surface area contributed by atoms with E-state index in [4.69, 9.17) is 9.47 Å². The maximum Gasteiger partial charge on any atom is 0.203 e. The van der Waals surface area contributed by atoms with Crippen LogP contribution in [0.15, 0.2) is 48.1 Å². The van der Waals surface area contributed by atoms with Crippen molar-refractivity contribution in [2.75, 3.05) is 20.8 Å². The van der Waals surface area contributed by atoms with Crippen LogP contribution in [0.1, 0.15) is 5.56 Å². The minimum Gasteiger partial charge on any atom is -0.504 e. The molecule has 1 aromatic heterocycles. The minimum atomic E-state index is 0.0523. The predicted octanol–water partition coefficient (Wildman–Crippen LogP) is 3.67. The second-order valence-corrected chi connectivity index (χ2v) is 6.31. The quantitative estimate of drug-likeness (QED) is 0.465. The molecular formula is C19H21N3O3S. The highest BCUT2D eigenvalue weighted by Crippen LogP contribution is 2.37. The van der Waals surface area contributed by atoms with E-state index in [1.54, 1.807) is 13.2 Å². The molecule has 26 heavy (non-hydrogen) atoms. The molecule has 0 saturated carbocycles. The van der Waals surface area contributed by atoms with Gasteiger partial charge in [-0.2, -0.15) is 0 Å². The molecule has 1 heterocycles. The second kappa shape index (κ2) is 8.64. The lowest BCUT2D eigenvalue weighted by Gasteiger charge is -2.10. The van der Waals surface area contributed by atoms with Gasteiger partial charge in [0.1, 0.15) is 0 Å². The molecule has 0 aliphatic carbocycles. The van der Waals surface area contributed by atoms with Gasteiger partial charge in [0.05, 0.1) is 31.6 Å². The Labute approximate surface area is 156 Å². The van der Waals surface area contributed by atoms with Crippen LogP contribution in [0.3, 0.4) is 0 Å². The first-order valence-corrected chi connectivity index (χ1v) is 9.01. The summed E-state index contributed by atoms with van der Waals surface area (Å²) in [6.07, 6.45) is 3.76. The Morgan fingerprint density at radius 3 is 2.88 bits per heavy atom. The van der Waals surface area contributed by atoms with Crippen LogP contribution in [0.2, 0.25) is 0 Å². The molecule has 6 nitrogen and oxygen atoms in total. The number of aromatic nitrogens is 2. The molecule has 0 amide bonds. The zero-order valence-electron chi connectivity index (χ0n) is 14.7. The highest BCUT2D eigenvalue weighted by Gasteiger charge is 2.10. The Morgan fingerprint density at radius 1 is 1.23 bits per heavy atom. The van der Waals surface area contributed by atoms with Gasteiger partial charge in [-0.25, -0.2) is 4.98 Å². The zero-order valence-corrected chi connectivity index (χ0v) is 15.5. The first kappa shape index (κ1) is 18.2. The normalized spacial score (nSPS) is 11.3. The standard InChI is InChI=1S/C19H21N3O3S/c1-24-18-12-14(11-17(23)19(18)25-2)7-10-26-21-8-9-22-13-20-15-5-3-4-6-16(15)22/h3-7,10-13,21,23H,8-9H2,1-2H3. The number of hydrogen-bond acceptors (Lipinski definition) is 6. The smallest absolute Gasteiger partial charge is 0.203 e. The number of rotatable bonds is 8. The van der Waals surface area contributed by atoms with Crippen LogP contribution in [0, 0.1) is 0 Å². The lowest BCUT2D eigenvalue weighted by Crippen LogP contribution is -2.11. The first-order valence-electron chi connectivity index (χ1n) is 8.13. The summed E-state index contributed by atoms with van der Waals surface area (Å²) in [5.74, 6) is 0.886. The molecule has 2 aromatic carbocycles. The molecule has 0 saturated heterocycles. The second-order valence-electron chi connectivity index (χ2n) is 5.52. The number of phenols is 1. The number of aromatic hydroxyl groups is 1. The van der Waals surface area contributed by atoms with Gasteiger partial charge in [0, 0.05) is 13.1 Å². The molecule has 3 aromatic rings. The van der Waals surface area contributed by atoms with Gasteiger partial charge in [0.25, 0.3) is 0 Å². The summed E-state index contributed by atoms with van der Waals surface area (Å²) in [6.45, 7) is 1.63. The molecule has 2 N–H and O–H groups in total. The molecule has 7 heteroatoms. The van der Waals surface area contributed by atoms with Crippen molar-refractivity contribution in [3.05, 3.63) is 53.7 Å². The Kier molecular flexibility index (Phi) is 6.04. The average molecular weight is 371 g/mol. The highest BCUT2D eigenvalue weighted by molar-refractivity contribution is 8.00. The molecular weight excluding hydrogens is 350 g/mol. The molecule has 0 atom stereocenters. The van der Waals surface area contributed by atoms with Crippen molar-refractivity contribution in [1.29, 1.82) is 0 Å². The first-order chi connectivity index (χ1) is 12.7. The van der Waals surface area contributed by atoms with Crippen molar-refractivity contribution in [2.24, 2.45) is 0 Å². The van der Waals surface area contributed by atoms with Crippen LogP contribution in [-0.4, -0.2) is 35.4 Å². The van der Waals surface area contributed by atoms with Gasteiger partial charge in [-0.3, -0.25) is 4.72 Å². The van der Waals surface area contributed by atoms with E-state index in [1.165, 1.54) is 19.1 Å². The largest absolute Gasteiger partial charge is 0.504 e. The maximum atomic E-state index is 9.97.